The standard InChI is InChI=1S/C20H21N5O3/c26-20(16-12-19-21-6-2-8-25(19)23-16)24-7-1-3-15(13-24)22-14-4-5-17-18(11-14)28-10-9-27-17/h2,4-6,8,11-12,15,22H,1,3,7,9-10,13H2. The maximum absolute atomic E-state index is 12.9. The molecule has 8 heteroatoms. The summed E-state index contributed by atoms with van der Waals surface area (Å²) in [6, 6.07) is 9.58. The summed E-state index contributed by atoms with van der Waals surface area (Å²) in [4.78, 5) is 19.0. The number of fused-ring (bicyclic) bond motifs is 2. The lowest BCUT2D eigenvalue weighted by Gasteiger charge is -2.33. The second kappa shape index (κ2) is 7.03. The van der Waals surface area contributed by atoms with E-state index in [2.05, 4.69) is 15.4 Å². The van der Waals surface area contributed by atoms with Crippen molar-refractivity contribution in [1.82, 2.24) is 19.5 Å². The van der Waals surface area contributed by atoms with E-state index in [1.54, 1.807) is 29.0 Å². The number of piperidine rings is 1. The monoisotopic (exact) mass is 379 g/mol. The maximum atomic E-state index is 12.9. The van der Waals surface area contributed by atoms with E-state index in [0.29, 0.717) is 31.1 Å². The number of rotatable bonds is 3. The van der Waals surface area contributed by atoms with Gasteiger partial charge in [0, 0.05) is 49.3 Å². The van der Waals surface area contributed by atoms with Crippen molar-refractivity contribution in [2.45, 2.75) is 18.9 Å². The molecule has 0 bridgehead atoms. The van der Waals surface area contributed by atoms with Crippen LogP contribution in [0.25, 0.3) is 5.65 Å². The van der Waals surface area contributed by atoms with Gasteiger partial charge in [-0.2, -0.15) is 5.10 Å². The van der Waals surface area contributed by atoms with E-state index >= 15 is 0 Å². The van der Waals surface area contributed by atoms with E-state index in [0.717, 1.165) is 36.6 Å². The molecule has 0 radical (unpaired) electrons. The highest BCUT2D eigenvalue weighted by molar-refractivity contribution is 5.93. The zero-order valence-electron chi connectivity index (χ0n) is 15.4. The van der Waals surface area contributed by atoms with Gasteiger partial charge in [-0.15, -0.1) is 0 Å². The minimum Gasteiger partial charge on any atom is -0.486 e. The van der Waals surface area contributed by atoms with Gasteiger partial charge in [-0.05, 0) is 31.0 Å². The second-order valence-corrected chi connectivity index (χ2v) is 7.05. The molecule has 5 rings (SSSR count). The zero-order chi connectivity index (χ0) is 18.9. The molecule has 1 amide bonds. The SMILES string of the molecule is O=C(c1cc2ncccn2n1)N1CCCC(Nc2ccc3c(c2)OCCO3)C1. The Kier molecular flexibility index (Phi) is 4.23. The summed E-state index contributed by atoms with van der Waals surface area (Å²) < 4.78 is 12.9. The lowest BCUT2D eigenvalue weighted by atomic mass is 10.0. The van der Waals surface area contributed by atoms with Crippen LogP contribution in [0.2, 0.25) is 0 Å². The number of hydrogen-bond donors (Lipinski definition) is 1. The van der Waals surface area contributed by atoms with Gasteiger partial charge in [0.2, 0.25) is 0 Å². The molecule has 0 spiro atoms. The summed E-state index contributed by atoms with van der Waals surface area (Å²) in [6.07, 6.45) is 5.44. The van der Waals surface area contributed by atoms with Gasteiger partial charge in [0.1, 0.15) is 13.2 Å². The maximum Gasteiger partial charge on any atom is 0.274 e. The molecule has 0 saturated carbocycles. The molecule has 1 saturated heterocycles. The van der Waals surface area contributed by atoms with Crippen LogP contribution in [0.5, 0.6) is 11.5 Å². The van der Waals surface area contributed by atoms with Gasteiger partial charge >= 0.3 is 0 Å². The summed E-state index contributed by atoms with van der Waals surface area (Å²) in [5, 5.41) is 7.88. The Morgan fingerprint density at radius 2 is 2.07 bits per heavy atom. The van der Waals surface area contributed by atoms with Crippen LogP contribution >= 0.6 is 0 Å². The lowest BCUT2D eigenvalue weighted by molar-refractivity contribution is 0.0708. The molecular weight excluding hydrogens is 358 g/mol. The van der Waals surface area contributed by atoms with Crippen molar-refractivity contribution in [2.24, 2.45) is 0 Å². The minimum absolute atomic E-state index is 0.0563. The molecule has 2 aliphatic rings. The van der Waals surface area contributed by atoms with Gasteiger partial charge in [-0.3, -0.25) is 4.79 Å². The van der Waals surface area contributed by atoms with Crippen LogP contribution in [0.3, 0.4) is 0 Å². The Balaban J connectivity index is 1.28. The quantitative estimate of drug-likeness (QED) is 0.752. The summed E-state index contributed by atoms with van der Waals surface area (Å²) >= 11 is 0. The van der Waals surface area contributed by atoms with E-state index < -0.39 is 0 Å². The molecule has 1 aromatic carbocycles. The van der Waals surface area contributed by atoms with Crippen molar-refractivity contribution >= 4 is 17.2 Å². The lowest BCUT2D eigenvalue weighted by Crippen LogP contribution is -2.45. The number of benzene rings is 1. The Morgan fingerprint density at radius 1 is 1.18 bits per heavy atom. The molecule has 1 unspecified atom stereocenters. The number of likely N-dealkylation sites (tertiary alicyclic amines) is 1. The van der Waals surface area contributed by atoms with Gasteiger partial charge in [0.15, 0.2) is 22.8 Å². The molecule has 28 heavy (non-hydrogen) atoms. The van der Waals surface area contributed by atoms with Crippen molar-refractivity contribution in [3.05, 3.63) is 48.4 Å². The van der Waals surface area contributed by atoms with E-state index in [-0.39, 0.29) is 11.9 Å². The van der Waals surface area contributed by atoms with E-state index in [9.17, 15) is 4.79 Å². The number of carbonyl (C=O) groups is 1. The number of amides is 1. The van der Waals surface area contributed by atoms with Gasteiger partial charge in [-0.25, -0.2) is 9.50 Å². The molecule has 3 aromatic rings. The van der Waals surface area contributed by atoms with E-state index in [4.69, 9.17) is 9.47 Å². The summed E-state index contributed by atoms with van der Waals surface area (Å²) in [5.74, 6) is 1.48. The van der Waals surface area contributed by atoms with E-state index in [1.165, 1.54) is 0 Å². The first-order valence-corrected chi connectivity index (χ1v) is 9.52. The predicted molar refractivity (Wildman–Crippen MR) is 103 cm³/mol. The molecule has 0 aliphatic carbocycles. The van der Waals surface area contributed by atoms with Crippen molar-refractivity contribution in [3.63, 3.8) is 0 Å². The molecular formula is C20H21N5O3. The van der Waals surface area contributed by atoms with Crippen LogP contribution in [-0.4, -0.2) is 57.8 Å². The molecule has 2 aliphatic heterocycles. The fourth-order valence-electron chi connectivity index (χ4n) is 3.74. The summed E-state index contributed by atoms with van der Waals surface area (Å²) in [6.45, 7) is 2.52. The average molecular weight is 379 g/mol. The van der Waals surface area contributed by atoms with Crippen molar-refractivity contribution in [3.8, 4) is 11.5 Å². The van der Waals surface area contributed by atoms with Gasteiger partial charge in [0.05, 0.1) is 0 Å². The summed E-state index contributed by atoms with van der Waals surface area (Å²) in [7, 11) is 0. The number of aromatic nitrogens is 3. The van der Waals surface area contributed by atoms with E-state index in [1.807, 2.05) is 23.1 Å². The zero-order valence-corrected chi connectivity index (χ0v) is 15.4. The third-order valence-corrected chi connectivity index (χ3v) is 5.08. The molecule has 1 fully saturated rings. The molecule has 1 N–H and O–H groups in total. The van der Waals surface area contributed by atoms with Crippen LogP contribution in [0.4, 0.5) is 5.69 Å². The first-order valence-electron chi connectivity index (χ1n) is 9.52. The first-order chi connectivity index (χ1) is 13.8. The van der Waals surface area contributed by atoms with Crippen LogP contribution in [0.15, 0.2) is 42.7 Å². The van der Waals surface area contributed by atoms with Crippen molar-refractivity contribution < 1.29 is 14.3 Å². The number of anilines is 1. The Hall–Kier alpha value is -3.29. The van der Waals surface area contributed by atoms with Crippen LogP contribution < -0.4 is 14.8 Å². The smallest absolute Gasteiger partial charge is 0.274 e. The molecule has 1 atom stereocenters. The highest BCUT2D eigenvalue weighted by Gasteiger charge is 2.26. The highest BCUT2D eigenvalue weighted by atomic mass is 16.6. The Labute approximate surface area is 162 Å². The number of carbonyl (C=O) groups excluding carboxylic acids is 1. The number of nitrogens with one attached hydrogen (secondary N) is 1. The van der Waals surface area contributed by atoms with Gasteiger partial charge in [0.25, 0.3) is 5.91 Å². The normalized spacial score (nSPS) is 18.9. The van der Waals surface area contributed by atoms with Gasteiger partial charge in [-0.1, -0.05) is 0 Å². The predicted octanol–water partition coefficient (Wildman–Crippen LogP) is 2.22. The fourth-order valence-corrected chi connectivity index (χ4v) is 3.74. The summed E-state index contributed by atoms with van der Waals surface area (Å²) in [5.41, 5.74) is 2.08. The van der Waals surface area contributed by atoms with Crippen molar-refractivity contribution in [2.75, 3.05) is 31.6 Å². The molecule has 144 valence electrons. The fraction of sp³-hybridized carbons (Fsp3) is 0.350. The third-order valence-electron chi connectivity index (χ3n) is 5.08. The van der Waals surface area contributed by atoms with Crippen LogP contribution in [-0.2, 0) is 0 Å². The average Bonchev–Trinajstić information content (AvgIpc) is 3.17. The van der Waals surface area contributed by atoms with Gasteiger partial charge < -0.3 is 19.7 Å². The largest absolute Gasteiger partial charge is 0.486 e. The third kappa shape index (κ3) is 3.21. The molecule has 4 heterocycles. The highest BCUT2D eigenvalue weighted by Crippen LogP contribution is 2.33. The Morgan fingerprint density at radius 3 is 2.96 bits per heavy atom. The number of ether oxygens (including phenoxy) is 2. The Bertz CT molecular complexity index is 985. The van der Waals surface area contributed by atoms with Crippen LogP contribution in [0, 0.1) is 0 Å². The second-order valence-electron chi connectivity index (χ2n) is 7.05. The minimum atomic E-state index is -0.0563. The van der Waals surface area contributed by atoms with Crippen molar-refractivity contribution in [1.29, 1.82) is 0 Å². The number of nitrogens with zero attached hydrogens (tertiary/aromatic N) is 4. The number of hydrogen-bond acceptors (Lipinski definition) is 6. The molecule has 2 aromatic heterocycles. The first kappa shape index (κ1) is 16.9. The molecule has 8 nitrogen and oxygen atoms in total. The van der Waals surface area contributed by atoms with Crippen LogP contribution in [0.1, 0.15) is 23.3 Å². The topological polar surface area (TPSA) is 81.0 Å².